The number of benzene rings is 1. The van der Waals surface area contributed by atoms with Crippen molar-refractivity contribution < 1.29 is 18.0 Å². The molecule has 7 heteroatoms. The molecule has 140 valence electrons. The molecule has 1 spiro atoms. The molecule has 0 bridgehead atoms. The van der Waals surface area contributed by atoms with Gasteiger partial charge in [0.15, 0.2) is 0 Å². The monoisotopic (exact) mass is 376 g/mol. The van der Waals surface area contributed by atoms with Gasteiger partial charge in [0.1, 0.15) is 0 Å². The zero-order valence-corrected chi connectivity index (χ0v) is 15.5. The number of carbonyl (C=O) groups excluding carboxylic acids is 2. The average Bonchev–Trinajstić information content (AvgIpc) is 3.15. The van der Waals surface area contributed by atoms with Gasteiger partial charge in [-0.1, -0.05) is 30.3 Å². The Bertz CT molecular complexity index is 813. The van der Waals surface area contributed by atoms with E-state index in [-0.39, 0.29) is 34.9 Å². The normalized spacial score (nSPS) is 33.4. The Labute approximate surface area is 154 Å². The van der Waals surface area contributed by atoms with Crippen molar-refractivity contribution in [2.24, 2.45) is 11.3 Å². The van der Waals surface area contributed by atoms with Gasteiger partial charge in [0.05, 0.1) is 11.8 Å². The number of sulfonamides is 1. The molecule has 1 saturated carbocycles. The highest BCUT2D eigenvalue weighted by atomic mass is 32.2. The van der Waals surface area contributed by atoms with Gasteiger partial charge in [0.25, 0.3) is 0 Å². The molecule has 2 saturated heterocycles. The van der Waals surface area contributed by atoms with Crippen molar-refractivity contribution in [3.05, 3.63) is 35.9 Å². The molecule has 1 N–H and O–H groups in total. The first kappa shape index (κ1) is 17.5. The molecule has 3 fully saturated rings. The second-order valence-corrected chi connectivity index (χ2v) is 9.86. The Kier molecular flexibility index (Phi) is 4.29. The second-order valence-electron chi connectivity index (χ2n) is 7.89. The van der Waals surface area contributed by atoms with Crippen LogP contribution in [0.2, 0.25) is 0 Å². The minimum absolute atomic E-state index is 0.0212. The highest BCUT2D eigenvalue weighted by Gasteiger charge is 2.47. The van der Waals surface area contributed by atoms with Crippen LogP contribution in [0, 0.1) is 11.3 Å². The van der Waals surface area contributed by atoms with Crippen molar-refractivity contribution >= 4 is 21.8 Å². The number of rotatable bonds is 2. The summed E-state index contributed by atoms with van der Waals surface area (Å²) < 4.78 is 26.3. The lowest BCUT2D eigenvalue weighted by molar-refractivity contribution is -0.133. The Hall–Kier alpha value is -1.89. The molecule has 0 aromatic heterocycles. The lowest BCUT2D eigenvalue weighted by atomic mass is 9.69. The molecule has 26 heavy (non-hydrogen) atoms. The lowest BCUT2D eigenvalue weighted by Gasteiger charge is -2.37. The Balaban J connectivity index is 1.52. The van der Waals surface area contributed by atoms with Crippen molar-refractivity contribution in [3.8, 4) is 0 Å². The van der Waals surface area contributed by atoms with E-state index in [0.29, 0.717) is 32.2 Å². The van der Waals surface area contributed by atoms with Crippen LogP contribution in [0.4, 0.5) is 0 Å². The maximum Gasteiger partial charge on any atom is 0.239 e. The summed E-state index contributed by atoms with van der Waals surface area (Å²) in [4.78, 5) is 24.7. The van der Waals surface area contributed by atoms with E-state index in [0.717, 1.165) is 22.7 Å². The zero-order valence-electron chi connectivity index (χ0n) is 14.7. The maximum absolute atomic E-state index is 13.1. The third-order valence-electron chi connectivity index (χ3n) is 6.23. The van der Waals surface area contributed by atoms with Crippen molar-refractivity contribution in [1.82, 2.24) is 9.62 Å². The van der Waals surface area contributed by atoms with E-state index < -0.39 is 10.0 Å². The van der Waals surface area contributed by atoms with Crippen molar-refractivity contribution in [2.75, 3.05) is 12.3 Å². The van der Waals surface area contributed by atoms with E-state index in [1.807, 2.05) is 30.3 Å². The average molecular weight is 376 g/mol. The van der Waals surface area contributed by atoms with Crippen molar-refractivity contribution in [2.45, 2.75) is 44.6 Å². The van der Waals surface area contributed by atoms with Crippen molar-refractivity contribution in [3.63, 3.8) is 0 Å². The molecule has 0 radical (unpaired) electrons. The topological polar surface area (TPSA) is 83.6 Å². The molecule has 1 aliphatic carbocycles. The van der Waals surface area contributed by atoms with Gasteiger partial charge >= 0.3 is 0 Å². The van der Waals surface area contributed by atoms with Crippen LogP contribution in [0.15, 0.2) is 30.3 Å². The summed E-state index contributed by atoms with van der Waals surface area (Å²) in [5, 5.41) is 2.89. The molecule has 2 amide bonds. The summed E-state index contributed by atoms with van der Waals surface area (Å²) in [6, 6.07) is 9.01. The maximum atomic E-state index is 13.1. The molecule has 4 rings (SSSR count). The van der Waals surface area contributed by atoms with Crippen LogP contribution in [-0.2, 0) is 19.6 Å². The quantitative estimate of drug-likeness (QED) is 0.856. The summed E-state index contributed by atoms with van der Waals surface area (Å²) in [5.74, 6) is -0.423. The smallest absolute Gasteiger partial charge is 0.239 e. The Morgan fingerprint density at radius 2 is 1.81 bits per heavy atom. The van der Waals surface area contributed by atoms with Gasteiger partial charge in [-0.25, -0.2) is 12.7 Å². The number of hydrogen-bond donors (Lipinski definition) is 1. The highest BCUT2D eigenvalue weighted by Crippen LogP contribution is 2.45. The van der Waals surface area contributed by atoms with Crippen LogP contribution in [0.3, 0.4) is 0 Å². The van der Waals surface area contributed by atoms with Crippen molar-refractivity contribution in [1.29, 1.82) is 0 Å². The summed E-state index contributed by atoms with van der Waals surface area (Å²) in [6.07, 6.45) is 3.89. The van der Waals surface area contributed by atoms with E-state index in [1.54, 1.807) is 0 Å². The number of hydrogen-bond acceptors (Lipinski definition) is 4. The number of carbonyl (C=O) groups is 2. The number of amides is 2. The number of nitrogens with zero attached hydrogens (tertiary/aromatic N) is 1. The fourth-order valence-corrected chi connectivity index (χ4v) is 6.46. The molecule has 2 heterocycles. The Morgan fingerprint density at radius 1 is 1.12 bits per heavy atom. The van der Waals surface area contributed by atoms with Gasteiger partial charge in [-0.2, -0.15) is 0 Å². The summed E-state index contributed by atoms with van der Waals surface area (Å²) in [6.45, 7) is 0.682. The predicted octanol–water partition coefficient (Wildman–Crippen LogP) is 1.99. The number of nitrogens with one attached hydrogen (secondary N) is 1. The minimum Gasteiger partial charge on any atom is -0.356 e. The van der Waals surface area contributed by atoms with Gasteiger partial charge < -0.3 is 5.32 Å². The van der Waals surface area contributed by atoms with Crippen LogP contribution in [0.1, 0.15) is 50.1 Å². The molecular weight excluding hydrogens is 352 g/mol. The van der Waals surface area contributed by atoms with Crippen LogP contribution in [0.5, 0.6) is 0 Å². The van der Waals surface area contributed by atoms with E-state index in [4.69, 9.17) is 0 Å². The molecule has 1 aromatic rings. The van der Waals surface area contributed by atoms with Crippen LogP contribution in [0.25, 0.3) is 0 Å². The standard InChI is InChI=1S/C19H24N2O4S/c22-17-12-19(13-20-17)9-6-15(7-10-19)18(23)21-16(8-11-26(21,24)25)14-4-2-1-3-5-14/h1-5,15-16H,6-13H2,(H,20,22). The largest absolute Gasteiger partial charge is 0.356 e. The Morgan fingerprint density at radius 3 is 2.42 bits per heavy atom. The summed E-state index contributed by atoms with van der Waals surface area (Å²) >= 11 is 0. The van der Waals surface area contributed by atoms with E-state index in [1.165, 1.54) is 0 Å². The van der Waals surface area contributed by atoms with Gasteiger partial charge in [-0.05, 0) is 43.1 Å². The SMILES string of the molecule is O=C1CC2(CCC(C(=O)N3C(c4ccccc4)CCS3(=O)=O)CC2)CN1. The highest BCUT2D eigenvalue weighted by molar-refractivity contribution is 7.89. The lowest BCUT2D eigenvalue weighted by Crippen LogP contribution is -2.42. The molecule has 3 aliphatic rings. The summed E-state index contributed by atoms with van der Waals surface area (Å²) in [5.41, 5.74) is 0.844. The van der Waals surface area contributed by atoms with Gasteiger partial charge in [-0.3, -0.25) is 9.59 Å². The second kappa shape index (κ2) is 6.37. The molecule has 2 aliphatic heterocycles. The summed E-state index contributed by atoms with van der Waals surface area (Å²) in [7, 11) is -3.55. The van der Waals surface area contributed by atoms with Crippen LogP contribution >= 0.6 is 0 Å². The van der Waals surface area contributed by atoms with E-state index >= 15 is 0 Å². The van der Waals surface area contributed by atoms with E-state index in [9.17, 15) is 18.0 Å². The molecule has 1 atom stereocenters. The van der Waals surface area contributed by atoms with Crippen LogP contribution < -0.4 is 5.32 Å². The third kappa shape index (κ3) is 3.02. The van der Waals surface area contributed by atoms with E-state index in [2.05, 4.69) is 5.32 Å². The first-order chi connectivity index (χ1) is 12.4. The zero-order chi connectivity index (χ0) is 18.4. The fourth-order valence-electron chi connectivity index (χ4n) is 4.70. The van der Waals surface area contributed by atoms with Gasteiger partial charge in [0, 0.05) is 18.9 Å². The third-order valence-corrected chi connectivity index (χ3v) is 8.01. The first-order valence-electron chi connectivity index (χ1n) is 9.28. The first-order valence-corrected chi connectivity index (χ1v) is 10.9. The molecular formula is C19H24N2O4S. The molecule has 1 unspecified atom stereocenters. The van der Waals surface area contributed by atoms with Gasteiger partial charge in [0.2, 0.25) is 21.8 Å². The fraction of sp³-hybridized carbons (Fsp3) is 0.579. The van der Waals surface area contributed by atoms with Crippen LogP contribution in [-0.4, -0.2) is 36.8 Å². The predicted molar refractivity (Wildman–Crippen MR) is 96.5 cm³/mol. The molecule has 1 aromatic carbocycles. The molecule has 6 nitrogen and oxygen atoms in total. The van der Waals surface area contributed by atoms with Gasteiger partial charge in [-0.15, -0.1) is 0 Å². The minimum atomic E-state index is -3.55.